The van der Waals surface area contributed by atoms with Crippen LogP contribution in [0.15, 0.2) is 89.7 Å². The fourth-order valence-corrected chi connectivity index (χ4v) is 9.52. The molecule has 7 heteroatoms. The molecule has 0 fully saturated rings. The summed E-state index contributed by atoms with van der Waals surface area (Å²) in [6.07, 6.45) is 2.89. The lowest BCUT2D eigenvalue weighted by Crippen LogP contribution is -2.66. The molecule has 2 N–H and O–H groups in total. The van der Waals surface area contributed by atoms with Crippen molar-refractivity contribution >= 4 is 41.6 Å². The highest BCUT2D eigenvalue weighted by molar-refractivity contribution is 6.99. The van der Waals surface area contributed by atoms with E-state index in [9.17, 15) is 14.7 Å². The third-order valence-electron chi connectivity index (χ3n) is 7.15. The number of aliphatic carboxylic acids is 1. The Bertz CT molecular complexity index is 1510. The summed E-state index contributed by atoms with van der Waals surface area (Å²) < 4.78 is 7.14. The molecule has 1 heterocycles. The van der Waals surface area contributed by atoms with E-state index < -0.39 is 25.8 Å². The first kappa shape index (κ1) is 28.2. The number of fused-ring (bicyclic) bond motifs is 1. The first-order chi connectivity index (χ1) is 18.3. The molecule has 0 aliphatic carbocycles. The molecule has 0 radical (unpaired) electrons. The summed E-state index contributed by atoms with van der Waals surface area (Å²) in [6.45, 7) is 11.8. The average molecular weight is 541 g/mol. The van der Waals surface area contributed by atoms with E-state index in [1.54, 1.807) is 44.2 Å². The SMILES string of the molecule is C[C@@H](O[Si](c1ccccc1)(c1ccccc1)C(C)(C)C)c1nc2cc(/C=C/C(C)(C)C(=O)O)ccc2c(=O)[nH]1. The molecular weight excluding hydrogens is 504 g/mol. The summed E-state index contributed by atoms with van der Waals surface area (Å²) >= 11 is 0. The molecule has 0 unspecified atom stereocenters. The molecule has 1 aromatic heterocycles. The van der Waals surface area contributed by atoms with Crippen LogP contribution in [0.4, 0.5) is 0 Å². The van der Waals surface area contributed by atoms with Gasteiger partial charge in [-0.2, -0.15) is 0 Å². The number of benzene rings is 3. The maximum absolute atomic E-state index is 13.1. The van der Waals surface area contributed by atoms with Crippen molar-refractivity contribution in [1.29, 1.82) is 0 Å². The van der Waals surface area contributed by atoms with Crippen molar-refractivity contribution in [3.63, 3.8) is 0 Å². The van der Waals surface area contributed by atoms with Crippen molar-refractivity contribution in [1.82, 2.24) is 9.97 Å². The molecule has 0 bridgehead atoms. The minimum atomic E-state index is -2.86. The van der Waals surface area contributed by atoms with E-state index in [0.717, 1.165) is 15.9 Å². The predicted octanol–water partition coefficient (Wildman–Crippen LogP) is 5.68. The number of hydrogen-bond acceptors (Lipinski definition) is 4. The highest BCUT2D eigenvalue weighted by Gasteiger charge is 2.51. The minimum absolute atomic E-state index is 0.226. The highest BCUT2D eigenvalue weighted by Crippen LogP contribution is 2.39. The van der Waals surface area contributed by atoms with Gasteiger partial charge in [-0.1, -0.05) is 99.7 Å². The van der Waals surface area contributed by atoms with Crippen molar-refractivity contribution < 1.29 is 14.3 Å². The molecule has 202 valence electrons. The van der Waals surface area contributed by atoms with E-state index in [2.05, 4.69) is 50.0 Å². The van der Waals surface area contributed by atoms with E-state index in [1.807, 2.05) is 43.3 Å². The van der Waals surface area contributed by atoms with Gasteiger partial charge in [-0.3, -0.25) is 9.59 Å². The molecule has 1 atom stereocenters. The average Bonchev–Trinajstić information content (AvgIpc) is 2.90. The topological polar surface area (TPSA) is 92.3 Å². The number of aromatic amines is 1. The van der Waals surface area contributed by atoms with Crippen LogP contribution >= 0.6 is 0 Å². The van der Waals surface area contributed by atoms with E-state index in [1.165, 1.54) is 0 Å². The molecule has 0 amide bonds. The monoisotopic (exact) mass is 540 g/mol. The zero-order chi connectivity index (χ0) is 28.4. The summed E-state index contributed by atoms with van der Waals surface area (Å²) in [5, 5.41) is 11.9. The molecule has 6 nitrogen and oxygen atoms in total. The van der Waals surface area contributed by atoms with Gasteiger partial charge in [-0.15, -0.1) is 0 Å². The molecule has 0 saturated heterocycles. The molecule has 0 aliphatic rings. The Labute approximate surface area is 230 Å². The lowest BCUT2D eigenvalue weighted by molar-refractivity contribution is -0.144. The Morgan fingerprint density at radius 3 is 2.03 bits per heavy atom. The minimum Gasteiger partial charge on any atom is -0.481 e. The van der Waals surface area contributed by atoms with E-state index in [-0.39, 0.29) is 10.6 Å². The second-order valence-corrected chi connectivity index (χ2v) is 15.8. The Hall–Kier alpha value is -3.81. The van der Waals surface area contributed by atoms with E-state index in [0.29, 0.717) is 16.7 Å². The second-order valence-electron chi connectivity index (χ2n) is 11.5. The molecule has 39 heavy (non-hydrogen) atoms. The first-order valence-electron chi connectivity index (χ1n) is 13.1. The Kier molecular flexibility index (Phi) is 7.77. The Morgan fingerprint density at radius 2 is 1.51 bits per heavy atom. The lowest BCUT2D eigenvalue weighted by Gasteiger charge is -2.44. The molecule has 0 saturated carbocycles. The highest BCUT2D eigenvalue weighted by atomic mass is 28.4. The largest absolute Gasteiger partial charge is 0.481 e. The van der Waals surface area contributed by atoms with Crippen molar-refractivity contribution in [2.75, 3.05) is 0 Å². The zero-order valence-corrected chi connectivity index (χ0v) is 24.4. The summed E-state index contributed by atoms with van der Waals surface area (Å²) in [4.78, 5) is 32.4. The normalized spacial score (nSPS) is 13.6. The van der Waals surface area contributed by atoms with E-state index in [4.69, 9.17) is 9.41 Å². The smallest absolute Gasteiger partial charge is 0.312 e. The fraction of sp³-hybridized carbons (Fsp3) is 0.281. The number of carboxylic acid groups (broad SMARTS) is 1. The third kappa shape index (κ3) is 5.65. The van der Waals surface area contributed by atoms with Crippen molar-refractivity contribution in [2.45, 2.75) is 52.7 Å². The van der Waals surface area contributed by atoms with Crippen LogP contribution in [0, 0.1) is 5.41 Å². The Morgan fingerprint density at radius 1 is 0.949 bits per heavy atom. The van der Waals surface area contributed by atoms with Crippen LogP contribution in [0.25, 0.3) is 17.0 Å². The van der Waals surface area contributed by atoms with Crippen LogP contribution in [-0.4, -0.2) is 29.4 Å². The maximum Gasteiger partial charge on any atom is 0.312 e. The van der Waals surface area contributed by atoms with Crippen LogP contribution < -0.4 is 15.9 Å². The number of rotatable bonds is 8. The number of aromatic nitrogens is 2. The van der Waals surface area contributed by atoms with Gasteiger partial charge >= 0.3 is 5.97 Å². The van der Waals surface area contributed by atoms with Gasteiger partial charge in [0.05, 0.1) is 16.3 Å². The van der Waals surface area contributed by atoms with Gasteiger partial charge in [0.25, 0.3) is 13.9 Å². The standard InChI is InChI=1S/C32H36N2O4Si/c1-22(38-39(31(2,3)4,24-13-9-7-10-14-24)25-15-11-8-12-16-25)28-33-27-21-23(17-18-26(27)29(35)34-28)19-20-32(5,6)30(36)37/h7-22H,1-6H3,(H,36,37)(H,33,34,35)/b20-19+/t22-/m1/s1. The summed E-state index contributed by atoms with van der Waals surface area (Å²) in [5.74, 6) is -0.460. The van der Waals surface area contributed by atoms with Gasteiger partial charge in [0.2, 0.25) is 0 Å². The van der Waals surface area contributed by atoms with Gasteiger partial charge in [-0.25, -0.2) is 4.98 Å². The third-order valence-corrected chi connectivity index (χ3v) is 12.3. The van der Waals surface area contributed by atoms with Crippen molar-refractivity contribution in [3.05, 3.63) is 107 Å². The number of carboxylic acids is 1. The molecule has 3 aromatic carbocycles. The Balaban J connectivity index is 1.80. The van der Waals surface area contributed by atoms with Gasteiger partial charge in [-0.05, 0) is 53.9 Å². The van der Waals surface area contributed by atoms with Crippen LogP contribution in [0.1, 0.15) is 59.0 Å². The summed E-state index contributed by atoms with van der Waals surface area (Å²) in [5.41, 5.74) is 0.0393. The molecule has 0 spiro atoms. The maximum atomic E-state index is 13.1. The van der Waals surface area contributed by atoms with E-state index >= 15 is 0 Å². The summed E-state index contributed by atoms with van der Waals surface area (Å²) in [7, 11) is -2.86. The molecule has 4 aromatic rings. The van der Waals surface area contributed by atoms with Crippen LogP contribution in [0.2, 0.25) is 5.04 Å². The van der Waals surface area contributed by atoms with Gasteiger partial charge in [0.15, 0.2) is 0 Å². The van der Waals surface area contributed by atoms with Gasteiger partial charge < -0.3 is 14.5 Å². The number of H-pyrrole nitrogens is 1. The lowest BCUT2D eigenvalue weighted by atomic mass is 9.92. The number of hydrogen-bond donors (Lipinski definition) is 2. The summed E-state index contributed by atoms with van der Waals surface area (Å²) in [6, 6.07) is 26.0. The molecule has 4 rings (SSSR count). The van der Waals surface area contributed by atoms with Crippen LogP contribution in [0.5, 0.6) is 0 Å². The number of carbonyl (C=O) groups is 1. The second kappa shape index (κ2) is 10.7. The van der Waals surface area contributed by atoms with Crippen molar-refractivity contribution in [3.8, 4) is 0 Å². The van der Waals surface area contributed by atoms with Crippen LogP contribution in [0.3, 0.4) is 0 Å². The zero-order valence-electron chi connectivity index (χ0n) is 23.4. The molecule has 0 aliphatic heterocycles. The molecular formula is C32H36N2O4Si. The van der Waals surface area contributed by atoms with Crippen molar-refractivity contribution in [2.24, 2.45) is 5.41 Å². The fourth-order valence-electron chi connectivity index (χ4n) is 4.86. The number of nitrogens with zero attached hydrogens (tertiary/aromatic N) is 1. The van der Waals surface area contributed by atoms with Gasteiger partial charge in [0.1, 0.15) is 11.9 Å². The van der Waals surface area contributed by atoms with Crippen LogP contribution in [-0.2, 0) is 9.22 Å². The number of nitrogens with one attached hydrogen (secondary N) is 1. The van der Waals surface area contributed by atoms with Gasteiger partial charge in [0, 0.05) is 0 Å². The first-order valence-corrected chi connectivity index (χ1v) is 15.0. The quantitative estimate of drug-likeness (QED) is 0.280. The predicted molar refractivity (Wildman–Crippen MR) is 160 cm³/mol.